The van der Waals surface area contributed by atoms with Crippen LogP contribution < -0.4 is 14.5 Å². The molecule has 3 heterocycles. The van der Waals surface area contributed by atoms with E-state index in [9.17, 15) is 9.18 Å². The molecule has 2 aliphatic heterocycles. The molecular formula is C23H31FN6O2. The van der Waals surface area contributed by atoms with Gasteiger partial charge in [0.2, 0.25) is 0 Å². The second-order valence-electron chi connectivity index (χ2n) is 8.42. The minimum atomic E-state index is -0.747. The lowest BCUT2D eigenvalue weighted by Crippen LogP contribution is -2.52. The van der Waals surface area contributed by atoms with Crippen molar-refractivity contribution in [3.63, 3.8) is 0 Å². The molecule has 172 valence electrons. The maximum atomic E-state index is 13.8. The largest absolute Gasteiger partial charge is 0.478 e. The molecule has 0 N–H and O–H groups in total. The summed E-state index contributed by atoms with van der Waals surface area (Å²) in [7, 11) is 2.14. The fraction of sp³-hybridized carbons (Fsp3) is 0.522. The number of nitrogens with zero attached hydrogens (tertiary/aromatic N) is 6. The van der Waals surface area contributed by atoms with Crippen LogP contribution in [-0.4, -0.2) is 91.2 Å². The minimum Gasteiger partial charge on any atom is -0.478 e. The lowest BCUT2D eigenvalue weighted by Gasteiger charge is -2.37. The summed E-state index contributed by atoms with van der Waals surface area (Å²) in [5, 5.41) is 0. The van der Waals surface area contributed by atoms with Crippen molar-refractivity contribution in [3.05, 3.63) is 42.0 Å². The van der Waals surface area contributed by atoms with E-state index in [1.165, 1.54) is 12.1 Å². The number of amides is 1. The minimum absolute atomic E-state index is 0.0971. The summed E-state index contributed by atoms with van der Waals surface area (Å²) in [5.41, 5.74) is 0. The average Bonchev–Trinajstić information content (AvgIpc) is 2.80. The summed E-state index contributed by atoms with van der Waals surface area (Å²) in [6, 6.07) is 8.20. The Labute approximate surface area is 188 Å². The van der Waals surface area contributed by atoms with E-state index in [1.54, 1.807) is 24.0 Å². The third-order valence-electron chi connectivity index (χ3n) is 6.04. The van der Waals surface area contributed by atoms with Gasteiger partial charge in [0.15, 0.2) is 17.7 Å². The molecule has 0 saturated carbocycles. The molecule has 0 bridgehead atoms. The molecule has 8 nitrogen and oxygen atoms in total. The van der Waals surface area contributed by atoms with Crippen molar-refractivity contribution in [2.75, 3.05) is 69.2 Å². The first-order valence-electron chi connectivity index (χ1n) is 11.1. The summed E-state index contributed by atoms with van der Waals surface area (Å²) in [4.78, 5) is 30.7. The van der Waals surface area contributed by atoms with Crippen molar-refractivity contribution in [2.45, 2.75) is 20.0 Å². The van der Waals surface area contributed by atoms with Crippen LogP contribution in [-0.2, 0) is 4.79 Å². The summed E-state index contributed by atoms with van der Waals surface area (Å²) in [6.07, 6.45) is -0.747. The second kappa shape index (κ2) is 9.68. The number of aryl methyl sites for hydroxylation is 1. The first-order valence-corrected chi connectivity index (χ1v) is 11.1. The maximum absolute atomic E-state index is 13.8. The molecule has 4 rings (SSSR count). The van der Waals surface area contributed by atoms with E-state index in [-0.39, 0.29) is 11.7 Å². The molecule has 2 aromatic rings. The van der Waals surface area contributed by atoms with Crippen molar-refractivity contribution in [3.8, 4) is 5.75 Å². The van der Waals surface area contributed by atoms with Crippen LogP contribution in [0.25, 0.3) is 0 Å². The molecule has 2 saturated heterocycles. The molecule has 1 unspecified atom stereocenters. The van der Waals surface area contributed by atoms with E-state index < -0.39 is 11.9 Å². The number of likely N-dealkylation sites (N-methyl/N-ethyl adjacent to an activating group) is 1. The van der Waals surface area contributed by atoms with Crippen LogP contribution in [0.1, 0.15) is 12.7 Å². The van der Waals surface area contributed by atoms with Gasteiger partial charge in [0.05, 0.1) is 0 Å². The van der Waals surface area contributed by atoms with Gasteiger partial charge in [0.25, 0.3) is 5.91 Å². The van der Waals surface area contributed by atoms with Crippen molar-refractivity contribution in [2.24, 2.45) is 0 Å². The molecule has 1 aromatic heterocycles. The Morgan fingerprint density at radius 1 is 0.969 bits per heavy atom. The van der Waals surface area contributed by atoms with Gasteiger partial charge in [-0.2, -0.15) is 0 Å². The predicted octanol–water partition coefficient (Wildman–Crippen LogP) is 1.79. The molecule has 1 aromatic carbocycles. The number of aromatic nitrogens is 2. The lowest BCUT2D eigenvalue weighted by atomic mass is 10.2. The Bertz CT molecular complexity index is 942. The lowest BCUT2D eigenvalue weighted by molar-refractivity contribution is -0.138. The molecule has 1 atom stereocenters. The van der Waals surface area contributed by atoms with Crippen LogP contribution in [0.5, 0.6) is 5.75 Å². The molecule has 0 radical (unpaired) electrons. The number of carbonyl (C=O) groups is 1. The Morgan fingerprint density at radius 3 is 2.12 bits per heavy atom. The fourth-order valence-corrected chi connectivity index (χ4v) is 4.09. The van der Waals surface area contributed by atoms with Crippen LogP contribution in [0.2, 0.25) is 0 Å². The number of piperazine rings is 2. The third-order valence-corrected chi connectivity index (χ3v) is 6.04. The number of hydrogen-bond acceptors (Lipinski definition) is 7. The summed E-state index contributed by atoms with van der Waals surface area (Å²) < 4.78 is 19.4. The van der Waals surface area contributed by atoms with Crippen molar-refractivity contribution in [1.82, 2.24) is 19.8 Å². The van der Waals surface area contributed by atoms with Gasteiger partial charge in [0, 0.05) is 58.4 Å². The molecule has 9 heteroatoms. The van der Waals surface area contributed by atoms with Gasteiger partial charge in [-0.05, 0) is 33.0 Å². The number of carbonyl (C=O) groups excluding carboxylic acids is 1. The van der Waals surface area contributed by atoms with Crippen LogP contribution in [0, 0.1) is 12.7 Å². The fourth-order valence-electron chi connectivity index (χ4n) is 4.09. The van der Waals surface area contributed by atoms with E-state index >= 15 is 0 Å². The molecule has 2 aliphatic rings. The number of rotatable bonds is 5. The van der Waals surface area contributed by atoms with E-state index in [0.717, 1.165) is 43.6 Å². The highest BCUT2D eigenvalue weighted by atomic mass is 19.1. The number of halogens is 1. The van der Waals surface area contributed by atoms with Gasteiger partial charge < -0.3 is 24.3 Å². The quantitative estimate of drug-likeness (QED) is 0.700. The van der Waals surface area contributed by atoms with Crippen LogP contribution in [0.15, 0.2) is 30.3 Å². The zero-order chi connectivity index (χ0) is 22.7. The highest BCUT2D eigenvalue weighted by Gasteiger charge is 2.28. The van der Waals surface area contributed by atoms with Gasteiger partial charge in [-0.25, -0.2) is 14.4 Å². The Hall–Kier alpha value is -2.94. The van der Waals surface area contributed by atoms with Gasteiger partial charge in [-0.3, -0.25) is 4.79 Å². The first-order chi connectivity index (χ1) is 15.4. The second-order valence-corrected chi connectivity index (χ2v) is 8.42. The standard InChI is InChI=1S/C23H31FN6O2/c1-17(32-20-7-5-4-6-19(20)24)23(31)30-14-12-29(13-15-30)22-16-21(25-18(2)26-22)28-10-8-27(3)9-11-28/h4-7,16-17H,8-15H2,1-3H3. The average molecular weight is 443 g/mol. The SMILES string of the molecule is Cc1nc(N2CCN(C)CC2)cc(N2CCN(C(=O)C(C)Oc3ccccc3F)CC2)n1. The number of para-hydroxylation sites is 1. The molecule has 32 heavy (non-hydrogen) atoms. The monoisotopic (exact) mass is 442 g/mol. The number of benzene rings is 1. The smallest absolute Gasteiger partial charge is 0.263 e. The van der Waals surface area contributed by atoms with Gasteiger partial charge >= 0.3 is 0 Å². The molecular weight excluding hydrogens is 411 g/mol. The number of hydrogen-bond donors (Lipinski definition) is 0. The van der Waals surface area contributed by atoms with Gasteiger partial charge in [-0.1, -0.05) is 12.1 Å². The van der Waals surface area contributed by atoms with Crippen LogP contribution >= 0.6 is 0 Å². The molecule has 0 spiro atoms. The Balaban J connectivity index is 1.36. The highest BCUT2D eigenvalue weighted by Crippen LogP contribution is 2.22. The zero-order valence-corrected chi connectivity index (χ0v) is 19.0. The van der Waals surface area contributed by atoms with Crippen LogP contribution in [0.4, 0.5) is 16.0 Å². The number of ether oxygens (including phenoxy) is 1. The van der Waals surface area contributed by atoms with Crippen molar-refractivity contribution < 1.29 is 13.9 Å². The first kappa shape index (κ1) is 22.3. The Morgan fingerprint density at radius 2 is 1.53 bits per heavy atom. The van der Waals surface area contributed by atoms with E-state index in [4.69, 9.17) is 4.74 Å². The van der Waals surface area contributed by atoms with E-state index in [0.29, 0.717) is 26.2 Å². The summed E-state index contributed by atoms with van der Waals surface area (Å²) >= 11 is 0. The normalized spacial score (nSPS) is 18.6. The highest BCUT2D eigenvalue weighted by molar-refractivity contribution is 5.81. The summed E-state index contributed by atoms with van der Waals surface area (Å²) in [6.45, 7) is 10.0. The molecule has 0 aliphatic carbocycles. The maximum Gasteiger partial charge on any atom is 0.263 e. The van der Waals surface area contributed by atoms with Crippen molar-refractivity contribution in [1.29, 1.82) is 0 Å². The van der Waals surface area contributed by atoms with Crippen molar-refractivity contribution >= 4 is 17.5 Å². The van der Waals surface area contributed by atoms with Gasteiger partial charge in [0.1, 0.15) is 17.5 Å². The van der Waals surface area contributed by atoms with E-state index in [2.05, 4.69) is 37.8 Å². The van der Waals surface area contributed by atoms with Gasteiger partial charge in [-0.15, -0.1) is 0 Å². The van der Waals surface area contributed by atoms with E-state index in [1.807, 2.05) is 6.92 Å². The molecule has 2 fully saturated rings. The third kappa shape index (κ3) is 5.09. The predicted molar refractivity (Wildman–Crippen MR) is 122 cm³/mol. The zero-order valence-electron chi connectivity index (χ0n) is 19.0. The Kier molecular flexibility index (Phi) is 6.74. The van der Waals surface area contributed by atoms with Crippen LogP contribution in [0.3, 0.4) is 0 Å². The topological polar surface area (TPSA) is 65.0 Å². The number of anilines is 2. The molecule has 1 amide bonds. The summed E-state index contributed by atoms with van der Waals surface area (Å²) in [5.74, 6) is 2.11.